The lowest BCUT2D eigenvalue weighted by Crippen LogP contribution is -2.63. The number of likely N-dealkylation sites (tertiary alicyclic amines) is 1. The summed E-state index contributed by atoms with van der Waals surface area (Å²) in [6.45, 7) is 8.32. The van der Waals surface area contributed by atoms with E-state index in [4.69, 9.17) is 14.7 Å². The summed E-state index contributed by atoms with van der Waals surface area (Å²) in [6, 6.07) is 4.29. The zero-order chi connectivity index (χ0) is 29.3. The van der Waals surface area contributed by atoms with E-state index < -0.39 is 6.17 Å². The number of hydrogen-bond acceptors (Lipinski definition) is 7. The van der Waals surface area contributed by atoms with Crippen LogP contribution in [-0.4, -0.2) is 88.8 Å². The van der Waals surface area contributed by atoms with E-state index in [2.05, 4.69) is 21.3 Å². The Kier molecular flexibility index (Phi) is 6.62. The molecule has 0 N–H and O–H groups in total. The fourth-order valence-electron chi connectivity index (χ4n) is 8.90. The van der Waals surface area contributed by atoms with Crippen LogP contribution in [0, 0.1) is 5.82 Å². The average molecular weight is 591 g/mol. The molecule has 10 heteroatoms. The highest BCUT2D eigenvalue weighted by molar-refractivity contribution is 5.88. The van der Waals surface area contributed by atoms with Gasteiger partial charge in [0.15, 0.2) is 0 Å². The summed E-state index contributed by atoms with van der Waals surface area (Å²) in [5.41, 5.74) is 4.93. The third-order valence-corrected chi connectivity index (χ3v) is 11.1. The molecule has 1 aliphatic carbocycles. The molecule has 1 amide bonds. The first-order valence-corrected chi connectivity index (χ1v) is 16.1. The van der Waals surface area contributed by atoms with Crippen LogP contribution in [0.15, 0.2) is 24.8 Å². The van der Waals surface area contributed by atoms with Gasteiger partial charge in [0.05, 0.1) is 29.9 Å². The molecule has 6 aliphatic rings. The van der Waals surface area contributed by atoms with E-state index in [-0.39, 0.29) is 29.3 Å². The van der Waals surface area contributed by atoms with Crippen LogP contribution < -0.4 is 14.5 Å². The molecule has 2 aromatic rings. The minimum absolute atomic E-state index is 0.0118. The number of benzene rings is 1. The first kappa shape index (κ1) is 27.3. The van der Waals surface area contributed by atoms with Crippen molar-refractivity contribution >= 4 is 17.4 Å². The van der Waals surface area contributed by atoms with Crippen molar-refractivity contribution < 1.29 is 18.3 Å². The highest BCUT2D eigenvalue weighted by atomic mass is 19.1. The predicted octanol–water partition coefficient (Wildman–Crippen LogP) is 3.99. The molecule has 43 heavy (non-hydrogen) atoms. The second-order valence-corrected chi connectivity index (χ2v) is 13.3. The van der Waals surface area contributed by atoms with Gasteiger partial charge in [-0.1, -0.05) is 6.58 Å². The number of ether oxygens (including phenoxy) is 1. The number of halogens is 2. The number of carbonyl (C=O) groups is 1. The van der Waals surface area contributed by atoms with Gasteiger partial charge in [0.1, 0.15) is 24.4 Å². The van der Waals surface area contributed by atoms with Crippen molar-refractivity contribution in [1.29, 1.82) is 0 Å². The number of aromatic nitrogens is 2. The maximum atomic E-state index is 14.7. The minimum atomic E-state index is -0.819. The molecule has 6 heterocycles. The summed E-state index contributed by atoms with van der Waals surface area (Å²) in [7, 11) is 0. The van der Waals surface area contributed by atoms with Gasteiger partial charge in [-0.05, 0) is 87.2 Å². The number of hydrogen-bond donors (Lipinski definition) is 0. The standard InChI is InChI=1S/C33H40F2N6O2/c1-2-30(42)40-15-11-28-29(40)19-41(28)31-24-10-14-38(27-9-8-25(35)22-6-3-4-7-23(22)27)18-26(24)36-32(37-31)43-20-33-12-5-13-39(33)17-21(34)16-33/h2,8-9,21,28-29H,1,3-7,10-20H2/t21-,28-,29-,33+/m1/s1. The molecular formula is C33H40F2N6O2. The van der Waals surface area contributed by atoms with Gasteiger partial charge >= 0.3 is 6.01 Å². The Balaban J connectivity index is 1.11. The first-order chi connectivity index (χ1) is 20.9. The maximum Gasteiger partial charge on any atom is 0.318 e. The Labute approximate surface area is 251 Å². The topological polar surface area (TPSA) is 65.0 Å². The van der Waals surface area contributed by atoms with Gasteiger partial charge in [-0.15, -0.1) is 0 Å². The molecule has 0 spiro atoms. The quantitative estimate of drug-likeness (QED) is 0.472. The average Bonchev–Trinajstić information content (AvgIpc) is 3.65. The Bertz CT molecular complexity index is 1470. The molecule has 8 nitrogen and oxygen atoms in total. The lowest BCUT2D eigenvalue weighted by atomic mass is 9.89. The number of carbonyl (C=O) groups excluding carboxylic acids is 1. The fourth-order valence-corrected chi connectivity index (χ4v) is 8.90. The third-order valence-electron chi connectivity index (χ3n) is 11.1. The van der Waals surface area contributed by atoms with Crippen molar-refractivity contribution in [2.24, 2.45) is 0 Å². The SMILES string of the molecule is C=CC(=O)N1CC[C@@H]2[C@H]1CN2c1nc(OC[C@@]23CCCN2C[C@H](F)C3)nc2c1CCN(c1ccc(F)c3c1CCCC3)C2. The third kappa shape index (κ3) is 4.42. The molecule has 8 rings (SSSR count). The lowest BCUT2D eigenvalue weighted by Gasteiger charge is -2.48. The highest BCUT2D eigenvalue weighted by Gasteiger charge is 2.51. The predicted molar refractivity (Wildman–Crippen MR) is 160 cm³/mol. The van der Waals surface area contributed by atoms with Crippen LogP contribution in [0.4, 0.5) is 20.3 Å². The minimum Gasteiger partial charge on any atom is -0.461 e. The molecule has 0 unspecified atom stereocenters. The normalized spacial score (nSPS) is 29.5. The van der Waals surface area contributed by atoms with Crippen LogP contribution >= 0.6 is 0 Å². The van der Waals surface area contributed by atoms with Crippen molar-refractivity contribution in [3.8, 4) is 6.01 Å². The van der Waals surface area contributed by atoms with Crippen LogP contribution in [0.3, 0.4) is 0 Å². The zero-order valence-corrected chi connectivity index (χ0v) is 24.7. The number of rotatable bonds is 6. The number of nitrogens with zero attached hydrogens (tertiary/aromatic N) is 6. The van der Waals surface area contributed by atoms with E-state index >= 15 is 0 Å². The summed E-state index contributed by atoms with van der Waals surface area (Å²) in [4.78, 5) is 31.3. The molecule has 4 fully saturated rings. The monoisotopic (exact) mass is 590 g/mol. The van der Waals surface area contributed by atoms with Crippen LogP contribution in [0.25, 0.3) is 0 Å². The summed E-state index contributed by atoms with van der Waals surface area (Å²) >= 11 is 0. The summed E-state index contributed by atoms with van der Waals surface area (Å²) in [5, 5.41) is 0. The second-order valence-electron chi connectivity index (χ2n) is 13.3. The zero-order valence-electron chi connectivity index (χ0n) is 24.7. The summed E-state index contributed by atoms with van der Waals surface area (Å²) in [6.07, 6.45) is 8.55. The van der Waals surface area contributed by atoms with Crippen molar-refractivity contribution in [2.45, 2.75) is 88.1 Å². The highest BCUT2D eigenvalue weighted by Crippen LogP contribution is 2.43. The van der Waals surface area contributed by atoms with E-state index in [0.29, 0.717) is 32.1 Å². The van der Waals surface area contributed by atoms with Gasteiger partial charge in [-0.25, -0.2) is 8.78 Å². The van der Waals surface area contributed by atoms with E-state index in [1.54, 1.807) is 6.07 Å². The molecular weight excluding hydrogens is 550 g/mol. The molecule has 1 aromatic carbocycles. The van der Waals surface area contributed by atoms with Crippen LogP contribution in [-0.2, 0) is 30.6 Å². The number of alkyl halides is 1. The van der Waals surface area contributed by atoms with Crippen molar-refractivity contribution in [1.82, 2.24) is 19.8 Å². The molecule has 0 bridgehead atoms. The van der Waals surface area contributed by atoms with Gasteiger partial charge in [0, 0.05) is 43.9 Å². The number of fused-ring (bicyclic) bond motifs is 4. The smallest absolute Gasteiger partial charge is 0.318 e. The van der Waals surface area contributed by atoms with Crippen molar-refractivity contribution in [3.63, 3.8) is 0 Å². The van der Waals surface area contributed by atoms with Crippen LogP contribution in [0.1, 0.15) is 60.9 Å². The fraction of sp³-hybridized carbons (Fsp3) is 0.606. The largest absolute Gasteiger partial charge is 0.461 e. The molecule has 0 saturated carbocycles. The molecule has 4 saturated heterocycles. The molecule has 5 aliphatic heterocycles. The first-order valence-electron chi connectivity index (χ1n) is 16.1. The molecule has 0 radical (unpaired) electrons. The summed E-state index contributed by atoms with van der Waals surface area (Å²) < 4.78 is 35.6. The van der Waals surface area contributed by atoms with E-state index in [1.807, 2.05) is 11.0 Å². The van der Waals surface area contributed by atoms with Gasteiger partial charge in [0.25, 0.3) is 0 Å². The van der Waals surface area contributed by atoms with Crippen molar-refractivity contribution in [3.05, 3.63) is 53.0 Å². The van der Waals surface area contributed by atoms with Crippen LogP contribution in [0.5, 0.6) is 6.01 Å². The van der Waals surface area contributed by atoms with E-state index in [9.17, 15) is 13.6 Å². The van der Waals surface area contributed by atoms with Gasteiger partial charge in [0.2, 0.25) is 5.91 Å². The number of anilines is 2. The van der Waals surface area contributed by atoms with E-state index in [0.717, 1.165) is 111 Å². The molecule has 1 aromatic heterocycles. The Morgan fingerprint density at radius 1 is 1.05 bits per heavy atom. The van der Waals surface area contributed by atoms with Gasteiger partial charge in [-0.2, -0.15) is 9.97 Å². The Morgan fingerprint density at radius 2 is 1.91 bits per heavy atom. The van der Waals surface area contributed by atoms with Crippen LogP contribution in [0.2, 0.25) is 0 Å². The number of amides is 1. The van der Waals surface area contributed by atoms with Crippen molar-refractivity contribution in [2.75, 3.05) is 49.1 Å². The van der Waals surface area contributed by atoms with Gasteiger partial charge in [-0.3, -0.25) is 9.69 Å². The second kappa shape index (κ2) is 10.4. The molecule has 4 atom stereocenters. The van der Waals surface area contributed by atoms with E-state index in [1.165, 1.54) is 6.08 Å². The maximum absolute atomic E-state index is 14.7. The molecule has 228 valence electrons. The Hall–Kier alpha value is -3.27. The lowest BCUT2D eigenvalue weighted by molar-refractivity contribution is -0.127. The Morgan fingerprint density at radius 3 is 2.77 bits per heavy atom. The summed E-state index contributed by atoms with van der Waals surface area (Å²) in [5.74, 6) is 0.805. The van der Waals surface area contributed by atoms with Gasteiger partial charge < -0.3 is 19.4 Å².